The maximum Gasteiger partial charge on any atom is 0.266 e. The molecule has 0 saturated carbocycles. The minimum Gasteiger partial charge on any atom is -0.393 e. The van der Waals surface area contributed by atoms with Gasteiger partial charge in [0, 0.05) is 19.5 Å². The molecule has 2 heterocycles. The summed E-state index contributed by atoms with van der Waals surface area (Å²) in [4.78, 5) is 10.3. The largest absolute Gasteiger partial charge is 0.393 e. The van der Waals surface area contributed by atoms with Crippen LogP contribution in [0, 0.1) is 17.8 Å². The van der Waals surface area contributed by atoms with E-state index in [4.69, 9.17) is 29.6 Å². The zero-order valence-corrected chi connectivity index (χ0v) is 19.1. The predicted octanol–water partition coefficient (Wildman–Crippen LogP) is 3.74. The Morgan fingerprint density at radius 2 is 2.10 bits per heavy atom. The first-order valence-electron chi connectivity index (χ1n) is 9.91. The minimum atomic E-state index is -2.80. The van der Waals surface area contributed by atoms with Crippen molar-refractivity contribution in [2.45, 2.75) is 40.0 Å². The summed E-state index contributed by atoms with van der Waals surface area (Å²) in [5.41, 5.74) is 6.93. The molecule has 10 heteroatoms. The van der Waals surface area contributed by atoms with Crippen molar-refractivity contribution in [3.8, 4) is 12.3 Å². The molecular formula is C21H30ClF2N7. The van der Waals surface area contributed by atoms with Crippen LogP contribution in [0.3, 0.4) is 0 Å². The number of halogens is 3. The Morgan fingerprint density at radius 1 is 1.42 bits per heavy atom. The van der Waals surface area contributed by atoms with E-state index in [9.17, 15) is 8.78 Å². The molecule has 31 heavy (non-hydrogen) atoms. The molecule has 5 N–H and O–H groups in total. The number of anilines is 4. The van der Waals surface area contributed by atoms with Crippen molar-refractivity contribution in [3.63, 3.8) is 0 Å². The Kier molecular flexibility index (Phi) is 7.73. The molecule has 1 fully saturated rings. The molecule has 1 aliphatic rings. The summed E-state index contributed by atoms with van der Waals surface area (Å²) in [7, 11) is 0. The summed E-state index contributed by atoms with van der Waals surface area (Å²) in [6.07, 6.45) is 8.66. The van der Waals surface area contributed by atoms with Crippen LogP contribution in [0.4, 0.5) is 32.1 Å². The molecule has 170 valence electrons. The molecule has 1 aromatic rings. The van der Waals surface area contributed by atoms with Crippen molar-refractivity contribution in [1.82, 2.24) is 9.97 Å². The molecule has 0 atom stereocenters. The van der Waals surface area contributed by atoms with Gasteiger partial charge in [-0.2, -0.15) is 9.97 Å². The smallest absolute Gasteiger partial charge is 0.266 e. The molecule has 0 amide bonds. The van der Waals surface area contributed by atoms with Crippen molar-refractivity contribution in [2.75, 3.05) is 47.1 Å². The maximum atomic E-state index is 13.8. The van der Waals surface area contributed by atoms with Crippen molar-refractivity contribution in [1.29, 1.82) is 0 Å². The van der Waals surface area contributed by atoms with Gasteiger partial charge in [0.15, 0.2) is 11.6 Å². The number of alkyl halides is 2. The van der Waals surface area contributed by atoms with Gasteiger partial charge < -0.3 is 16.0 Å². The standard InChI is InChI=1S/C21H30ClF2N7/c1-6-8-14(15(22)7-2)11-31(26)18-16(25)17(30-10-9-21(23,24)13-30)28-19(29-18)27-12-20(3,4)5/h2,6,8H,9-13,25-26H2,1,3-5H3,(H,27,28,29)/b8-6-,15-14-. The van der Waals surface area contributed by atoms with Gasteiger partial charge in [-0.05, 0) is 17.9 Å². The van der Waals surface area contributed by atoms with E-state index >= 15 is 0 Å². The number of hydrogen-bond donors (Lipinski definition) is 3. The van der Waals surface area contributed by atoms with Crippen LogP contribution >= 0.6 is 11.6 Å². The Labute approximate surface area is 187 Å². The summed E-state index contributed by atoms with van der Waals surface area (Å²) < 4.78 is 27.7. The highest BCUT2D eigenvalue weighted by Crippen LogP contribution is 2.36. The molecule has 0 bridgehead atoms. The quantitative estimate of drug-likeness (QED) is 0.250. The number of nitrogens with two attached hydrogens (primary N) is 2. The number of aromatic nitrogens is 2. The molecule has 1 saturated heterocycles. The minimum absolute atomic E-state index is 0.0592. The van der Waals surface area contributed by atoms with Gasteiger partial charge in [0.25, 0.3) is 5.92 Å². The number of nitrogens with zero attached hydrogens (tertiary/aromatic N) is 4. The number of nitrogen functional groups attached to an aromatic ring is 1. The molecule has 1 aromatic heterocycles. The van der Waals surface area contributed by atoms with E-state index in [0.717, 1.165) is 0 Å². The number of allylic oxidation sites excluding steroid dienone is 2. The Hall–Kier alpha value is -2.57. The van der Waals surface area contributed by atoms with Crippen LogP contribution in [0.1, 0.15) is 34.1 Å². The third-order valence-corrected chi connectivity index (χ3v) is 4.89. The summed E-state index contributed by atoms with van der Waals surface area (Å²) in [6.45, 7) is 8.29. The zero-order chi connectivity index (χ0) is 23.4. The van der Waals surface area contributed by atoms with Crippen LogP contribution in [-0.2, 0) is 0 Å². The molecule has 7 nitrogen and oxygen atoms in total. The summed E-state index contributed by atoms with van der Waals surface area (Å²) >= 11 is 6.12. The topological polar surface area (TPSA) is 96.3 Å². The number of terminal acetylenes is 1. The first-order valence-corrected chi connectivity index (χ1v) is 10.3. The SMILES string of the molecule is C#C/C(Cl)=C(\C=C/C)CN(N)c1nc(NCC(C)(C)C)nc(N2CCC(F)(F)C2)c1N. The van der Waals surface area contributed by atoms with Gasteiger partial charge in [0.1, 0.15) is 5.69 Å². The van der Waals surface area contributed by atoms with Gasteiger partial charge >= 0.3 is 0 Å². The van der Waals surface area contributed by atoms with Crippen molar-refractivity contribution in [2.24, 2.45) is 11.3 Å². The maximum absolute atomic E-state index is 13.8. The zero-order valence-electron chi connectivity index (χ0n) is 18.3. The summed E-state index contributed by atoms with van der Waals surface area (Å²) in [5, 5.41) is 4.63. The molecule has 0 aromatic carbocycles. The molecule has 1 aliphatic heterocycles. The van der Waals surface area contributed by atoms with Crippen LogP contribution in [0.15, 0.2) is 22.8 Å². The van der Waals surface area contributed by atoms with E-state index in [1.165, 1.54) is 9.91 Å². The van der Waals surface area contributed by atoms with E-state index in [-0.39, 0.29) is 53.2 Å². The lowest BCUT2D eigenvalue weighted by Crippen LogP contribution is -2.36. The summed E-state index contributed by atoms with van der Waals surface area (Å²) in [6, 6.07) is 0. The predicted molar refractivity (Wildman–Crippen MR) is 124 cm³/mol. The van der Waals surface area contributed by atoms with Crippen LogP contribution in [0.25, 0.3) is 0 Å². The third kappa shape index (κ3) is 6.71. The molecule has 0 spiro atoms. The molecule has 0 unspecified atom stereocenters. The average Bonchev–Trinajstić information content (AvgIpc) is 3.04. The number of hydrazine groups is 1. The fourth-order valence-corrected chi connectivity index (χ4v) is 3.12. The highest BCUT2D eigenvalue weighted by molar-refractivity contribution is 6.32. The van der Waals surface area contributed by atoms with E-state index < -0.39 is 12.5 Å². The van der Waals surface area contributed by atoms with Crippen LogP contribution in [-0.4, -0.2) is 42.1 Å². The van der Waals surface area contributed by atoms with Gasteiger partial charge in [-0.1, -0.05) is 50.4 Å². The second-order valence-corrected chi connectivity index (χ2v) is 9.04. The molecule has 2 rings (SSSR count). The first-order chi connectivity index (χ1) is 14.4. The van der Waals surface area contributed by atoms with E-state index in [1.54, 1.807) is 12.2 Å². The van der Waals surface area contributed by atoms with Crippen LogP contribution < -0.4 is 26.8 Å². The van der Waals surface area contributed by atoms with E-state index in [2.05, 4.69) is 21.2 Å². The lowest BCUT2D eigenvalue weighted by Gasteiger charge is -2.26. The highest BCUT2D eigenvalue weighted by Gasteiger charge is 2.40. The van der Waals surface area contributed by atoms with Gasteiger partial charge in [0.05, 0.1) is 18.1 Å². The number of rotatable bonds is 7. The Morgan fingerprint density at radius 3 is 2.61 bits per heavy atom. The van der Waals surface area contributed by atoms with Gasteiger partial charge in [-0.3, -0.25) is 5.01 Å². The second kappa shape index (κ2) is 9.71. The van der Waals surface area contributed by atoms with E-state index in [1.807, 2.05) is 27.7 Å². The second-order valence-electron chi connectivity index (χ2n) is 8.66. The summed E-state index contributed by atoms with van der Waals surface area (Å²) in [5.74, 6) is 6.50. The lowest BCUT2D eigenvalue weighted by atomic mass is 9.97. The normalized spacial score (nSPS) is 16.9. The van der Waals surface area contributed by atoms with Crippen molar-refractivity contribution >= 4 is 34.9 Å². The van der Waals surface area contributed by atoms with Gasteiger partial charge in [-0.25, -0.2) is 14.6 Å². The molecular weight excluding hydrogens is 424 g/mol. The van der Waals surface area contributed by atoms with Crippen LogP contribution in [0.2, 0.25) is 0 Å². The Balaban J connectivity index is 2.47. The number of nitrogens with one attached hydrogen (secondary N) is 1. The van der Waals surface area contributed by atoms with Crippen LogP contribution in [0.5, 0.6) is 0 Å². The molecule has 0 radical (unpaired) electrons. The monoisotopic (exact) mass is 453 g/mol. The van der Waals surface area contributed by atoms with Crippen molar-refractivity contribution < 1.29 is 8.78 Å². The average molecular weight is 454 g/mol. The van der Waals surface area contributed by atoms with Gasteiger partial charge in [0.2, 0.25) is 5.95 Å². The molecule has 0 aliphatic carbocycles. The van der Waals surface area contributed by atoms with Gasteiger partial charge in [-0.15, -0.1) is 6.42 Å². The fraction of sp³-hybridized carbons (Fsp3) is 0.524. The third-order valence-electron chi connectivity index (χ3n) is 4.54. The Bertz CT molecular complexity index is 900. The van der Waals surface area contributed by atoms with E-state index in [0.29, 0.717) is 12.1 Å². The number of hydrogen-bond acceptors (Lipinski definition) is 7. The fourth-order valence-electron chi connectivity index (χ4n) is 2.99. The lowest BCUT2D eigenvalue weighted by molar-refractivity contribution is 0.0257. The van der Waals surface area contributed by atoms with Crippen molar-refractivity contribution in [3.05, 3.63) is 22.8 Å². The first kappa shape index (κ1) is 24.7. The highest BCUT2D eigenvalue weighted by atomic mass is 35.5.